The van der Waals surface area contributed by atoms with Gasteiger partial charge in [-0.15, -0.1) is 0 Å². The van der Waals surface area contributed by atoms with E-state index in [-0.39, 0.29) is 5.02 Å². The van der Waals surface area contributed by atoms with Crippen molar-refractivity contribution in [3.63, 3.8) is 0 Å². The summed E-state index contributed by atoms with van der Waals surface area (Å²) in [6.07, 6.45) is 0.703. The Morgan fingerprint density at radius 2 is 1.96 bits per heavy atom. The number of nitrogens with one attached hydrogen (secondary N) is 3. The Morgan fingerprint density at radius 3 is 2.58 bits per heavy atom. The minimum absolute atomic E-state index is 0.207. The highest BCUT2D eigenvalue weighted by molar-refractivity contribution is 6.35. The molecule has 1 aliphatic rings. The van der Waals surface area contributed by atoms with Crippen molar-refractivity contribution in [2.75, 3.05) is 13.1 Å². The number of amides is 6. The molecule has 140 valence electrons. The van der Waals surface area contributed by atoms with Gasteiger partial charge in [-0.25, -0.2) is 9.59 Å². The van der Waals surface area contributed by atoms with Crippen molar-refractivity contribution in [1.29, 1.82) is 0 Å². The van der Waals surface area contributed by atoms with Crippen LogP contribution in [0.15, 0.2) is 18.2 Å². The summed E-state index contributed by atoms with van der Waals surface area (Å²) in [7, 11) is 0. The molecule has 0 aromatic heterocycles. The van der Waals surface area contributed by atoms with E-state index in [4.69, 9.17) is 23.2 Å². The molecule has 1 atom stereocenters. The van der Waals surface area contributed by atoms with Crippen molar-refractivity contribution < 1.29 is 19.2 Å². The molecular weight excluding hydrogens is 383 g/mol. The van der Waals surface area contributed by atoms with Crippen molar-refractivity contribution in [3.8, 4) is 0 Å². The van der Waals surface area contributed by atoms with Gasteiger partial charge >= 0.3 is 12.1 Å². The van der Waals surface area contributed by atoms with Gasteiger partial charge in [-0.3, -0.25) is 19.8 Å². The maximum atomic E-state index is 12.7. The number of hydrogen-bond donors (Lipinski definition) is 3. The zero-order valence-corrected chi connectivity index (χ0v) is 15.7. The Labute approximate surface area is 160 Å². The van der Waals surface area contributed by atoms with Crippen molar-refractivity contribution in [2.45, 2.75) is 25.8 Å². The van der Waals surface area contributed by atoms with Gasteiger partial charge < -0.3 is 10.6 Å². The predicted molar refractivity (Wildman–Crippen MR) is 95.9 cm³/mol. The predicted octanol–water partition coefficient (Wildman–Crippen LogP) is 2.00. The fraction of sp³-hybridized carbons (Fsp3) is 0.375. The Hall–Kier alpha value is -2.32. The molecule has 1 heterocycles. The van der Waals surface area contributed by atoms with Crippen molar-refractivity contribution in [2.24, 2.45) is 0 Å². The molecule has 3 N–H and O–H groups in total. The quantitative estimate of drug-likeness (QED) is 0.656. The number of carbonyl (C=O) groups excluding carboxylic acids is 4. The van der Waals surface area contributed by atoms with E-state index in [0.717, 1.165) is 4.90 Å². The first-order chi connectivity index (χ1) is 12.2. The first-order valence-electron chi connectivity index (χ1n) is 7.86. The van der Waals surface area contributed by atoms with Crippen molar-refractivity contribution >= 4 is 47.1 Å². The van der Waals surface area contributed by atoms with E-state index in [0.29, 0.717) is 23.6 Å². The number of halogens is 2. The van der Waals surface area contributed by atoms with Crippen LogP contribution in [0.3, 0.4) is 0 Å². The number of urea groups is 2. The molecule has 1 aromatic carbocycles. The molecule has 6 amide bonds. The van der Waals surface area contributed by atoms with Crippen LogP contribution in [0.25, 0.3) is 0 Å². The smallest absolute Gasteiger partial charge is 0.325 e. The second kappa shape index (κ2) is 7.92. The van der Waals surface area contributed by atoms with Crippen LogP contribution in [0.5, 0.6) is 0 Å². The van der Waals surface area contributed by atoms with Gasteiger partial charge in [0.15, 0.2) is 0 Å². The average Bonchev–Trinajstić information content (AvgIpc) is 2.76. The van der Waals surface area contributed by atoms with E-state index in [2.05, 4.69) is 16.0 Å². The van der Waals surface area contributed by atoms with Gasteiger partial charge in [-0.1, -0.05) is 36.2 Å². The van der Waals surface area contributed by atoms with E-state index in [1.165, 1.54) is 19.1 Å². The van der Waals surface area contributed by atoms with Gasteiger partial charge in [-0.2, -0.15) is 0 Å². The van der Waals surface area contributed by atoms with Crippen LogP contribution < -0.4 is 16.0 Å². The molecule has 1 aliphatic heterocycles. The lowest BCUT2D eigenvalue weighted by atomic mass is 9.92. The number of rotatable bonds is 5. The van der Waals surface area contributed by atoms with E-state index in [1.54, 1.807) is 6.07 Å². The van der Waals surface area contributed by atoms with E-state index < -0.39 is 36.0 Å². The number of carbonyl (C=O) groups is 4. The maximum Gasteiger partial charge on any atom is 0.325 e. The van der Waals surface area contributed by atoms with Crippen LogP contribution in [-0.4, -0.2) is 41.9 Å². The number of nitrogens with zero attached hydrogens (tertiary/aromatic N) is 1. The Kier molecular flexibility index (Phi) is 6.09. The molecule has 1 fully saturated rings. The molecule has 0 spiro atoms. The fourth-order valence-electron chi connectivity index (χ4n) is 2.51. The molecule has 0 saturated carbocycles. The molecule has 8 nitrogen and oxygen atoms in total. The molecule has 1 aromatic rings. The molecule has 26 heavy (non-hydrogen) atoms. The minimum atomic E-state index is -1.44. The molecule has 2 rings (SSSR count). The van der Waals surface area contributed by atoms with Gasteiger partial charge in [0.05, 0.1) is 0 Å². The van der Waals surface area contributed by atoms with Crippen LogP contribution >= 0.6 is 23.2 Å². The summed E-state index contributed by atoms with van der Waals surface area (Å²) in [6.45, 7) is 3.15. The zero-order valence-electron chi connectivity index (χ0n) is 14.2. The highest BCUT2D eigenvalue weighted by atomic mass is 35.5. The number of imide groups is 2. The maximum absolute atomic E-state index is 12.7. The monoisotopic (exact) mass is 400 g/mol. The SMILES string of the molecule is CCCNC(=O)NC(=O)CN1C(=O)N[C@](C)(c2ccc(Cl)cc2Cl)C1=O. The summed E-state index contributed by atoms with van der Waals surface area (Å²) in [6, 6.07) is 3.09. The average molecular weight is 401 g/mol. The lowest BCUT2D eigenvalue weighted by Crippen LogP contribution is -2.47. The molecule has 10 heteroatoms. The molecule has 0 bridgehead atoms. The Morgan fingerprint density at radius 1 is 1.27 bits per heavy atom. The van der Waals surface area contributed by atoms with Crippen molar-refractivity contribution in [3.05, 3.63) is 33.8 Å². The van der Waals surface area contributed by atoms with Crippen LogP contribution in [-0.2, 0) is 15.1 Å². The van der Waals surface area contributed by atoms with Crippen LogP contribution in [0.1, 0.15) is 25.8 Å². The van der Waals surface area contributed by atoms with Crippen LogP contribution in [0, 0.1) is 0 Å². The molecule has 0 unspecified atom stereocenters. The van der Waals surface area contributed by atoms with E-state index in [1.807, 2.05) is 6.92 Å². The first-order valence-corrected chi connectivity index (χ1v) is 8.62. The third-order valence-electron chi connectivity index (χ3n) is 3.84. The van der Waals surface area contributed by atoms with Gasteiger partial charge in [-0.05, 0) is 25.5 Å². The lowest BCUT2D eigenvalue weighted by molar-refractivity contribution is -0.134. The minimum Gasteiger partial charge on any atom is -0.338 e. The highest BCUT2D eigenvalue weighted by Gasteiger charge is 2.50. The largest absolute Gasteiger partial charge is 0.338 e. The third kappa shape index (κ3) is 4.08. The van der Waals surface area contributed by atoms with Gasteiger partial charge in [0.25, 0.3) is 5.91 Å². The van der Waals surface area contributed by atoms with Crippen molar-refractivity contribution in [1.82, 2.24) is 20.9 Å². The summed E-state index contributed by atoms with van der Waals surface area (Å²) in [5.41, 5.74) is -1.09. The number of benzene rings is 1. The zero-order chi connectivity index (χ0) is 19.5. The molecular formula is C16H18Cl2N4O4. The topological polar surface area (TPSA) is 108 Å². The lowest BCUT2D eigenvalue weighted by Gasteiger charge is -2.23. The molecule has 0 aliphatic carbocycles. The van der Waals surface area contributed by atoms with E-state index in [9.17, 15) is 19.2 Å². The summed E-state index contributed by atoms with van der Waals surface area (Å²) in [4.78, 5) is 49.1. The van der Waals surface area contributed by atoms with Crippen LogP contribution in [0.2, 0.25) is 10.0 Å². The van der Waals surface area contributed by atoms with E-state index >= 15 is 0 Å². The Bertz CT molecular complexity index is 771. The van der Waals surface area contributed by atoms with Gasteiger partial charge in [0.1, 0.15) is 12.1 Å². The highest BCUT2D eigenvalue weighted by Crippen LogP contribution is 2.34. The first kappa shape index (κ1) is 20.0. The molecule has 1 saturated heterocycles. The standard InChI is InChI=1S/C16H18Cl2N4O4/c1-3-6-19-14(25)20-12(23)8-22-13(24)16(2,21-15(22)26)10-5-4-9(17)7-11(10)18/h4-5,7H,3,6,8H2,1-2H3,(H,21,26)(H2,19,20,23,25)/t16-/m1/s1. The second-order valence-corrected chi connectivity index (χ2v) is 6.72. The second-order valence-electron chi connectivity index (χ2n) is 5.87. The number of hydrogen-bond acceptors (Lipinski definition) is 4. The fourth-order valence-corrected chi connectivity index (χ4v) is 3.11. The molecule has 0 radical (unpaired) electrons. The Balaban J connectivity index is 2.13. The summed E-state index contributed by atoms with van der Waals surface area (Å²) < 4.78 is 0. The van der Waals surface area contributed by atoms with Gasteiger partial charge in [0.2, 0.25) is 5.91 Å². The van der Waals surface area contributed by atoms with Gasteiger partial charge in [0, 0.05) is 22.2 Å². The summed E-state index contributed by atoms with van der Waals surface area (Å²) >= 11 is 12.0. The summed E-state index contributed by atoms with van der Waals surface area (Å²) in [5, 5.41) is 7.64. The van der Waals surface area contributed by atoms with Crippen LogP contribution in [0.4, 0.5) is 9.59 Å². The summed E-state index contributed by atoms with van der Waals surface area (Å²) in [5.74, 6) is -1.44. The normalized spacial score (nSPS) is 19.3. The third-order valence-corrected chi connectivity index (χ3v) is 4.38.